The van der Waals surface area contributed by atoms with Gasteiger partial charge in [-0.15, -0.1) is 0 Å². The normalized spacial score (nSPS) is 10.4. The Morgan fingerprint density at radius 3 is 3.00 bits per heavy atom. The quantitative estimate of drug-likeness (QED) is 0.867. The second kappa shape index (κ2) is 4.61. The van der Waals surface area contributed by atoms with Crippen molar-refractivity contribution < 1.29 is 9.53 Å². The number of carbonyl (C=O) groups excluding carboxylic acids is 1. The van der Waals surface area contributed by atoms with Crippen LogP contribution in [0.1, 0.15) is 6.92 Å². The molecule has 3 nitrogen and oxygen atoms in total. The highest BCUT2D eigenvalue weighted by molar-refractivity contribution is 9.10. The maximum atomic E-state index is 10.8. The maximum Gasteiger partial charge on any atom is 0.167 e. The second-order valence-corrected chi connectivity index (χ2v) is 4.26. The van der Waals surface area contributed by atoms with E-state index in [1.54, 1.807) is 12.4 Å². The van der Waals surface area contributed by atoms with Gasteiger partial charge in [-0.05, 0) is 41.1 Å². The third kappa shape index (κ3) is 2.22. The molecule has 1 aromatic carbocycles. The van der Waals surface area contributed by atoms with Gasteiger partial charge in [-0.2, -0.15) is 0 Å². The molecule has 82 valence electrons. The summed E-state index contributed by atoms with van der Waals surface area (Å²) in [5.41, 5.74) is 0. The third-order valence-electron chi connectivity index (χ3n) is 2.15. The van der Waals surface area contributed by atoms with Crippen molar-refractivity contribution in [3.8, 4) is 5.75 Å². The van der Waals surface area contributed by atoms with Gasteiger partial charge in [-0.1, -0.05) is 0 Å². The van der Waals surface area contributed by atoms with Crippen molar-refractivity contribution in [2.75, 3.05) is 6.61 Å². The van der Waals surface area contributed by atoms with Gasteiger partial charge in [-0.3, -0.25) is 9.78 Å². The molecule has 0 unspecified atom stereocenters. The molecule has 0 fully saturated rings. The minimum absolute atomic E-state index is 0.00160. The molecule has 0 atom stereocenters. The molecule has 0 bridgehead atoms. The minimum atomic E-state index is 0.00160. The fourth-order valence-corrected chi connectivity index (χ4v) is 2.01. The van der Waals surface area contributed by atoms with Crippen molar-refractivity contribution in [2.24, 2.45) is 0 Å². The summed E-state index contributed by atoms with van der Waals surface area (Å²) in [5, 5.41) is 2.06. The highest BCUT2D eigenvalue weighted by Gasteiger charge is 2.06. The van der Waals surface area contributed by atoms with Crippen molar-refractivity contribution in [1.29, 1.82) is 0 Å². The Hall–Kier alpha value is -1.42. The zero-order chi connectivity index (χ0) is 11.5. The Morgan fingerprint density at radius 1 is 1.44 bits per heavy atom. The number of ether oxygens (including phenoxy) is 1. The van der Waals surface area contributed by atoms with Crippen LogP contribution in [0.3, 0.4) is 0 Å². The first-order valence-corrected chi connectivity index (χ1v) is 5.62. The predicted molar refractivity (Wildman–Crippen MR) is 65.6 cm³/mol. The molecule has 0 aliphatic heterocycles. The monoisotopic (exact) mass is 279 g/mol. The number of pyridine rings is 1. The average Bonchev–Trinajstić information content (AvgIpc) is 2.28. The number of aromatic nitrogens is 1. The molecule has 1 aromatic heterocycles. The van der Waals surface area contributed by atoms with Crippen LogP contribution in [0.4, 0.5) is 0 Å². The van der Waals surface area contributed by atoms with Crippen molar-refractivity contribution >= 4 is 32.5 Å². The number of carbonyl (C=O) groups is 1. The SMILES string of the molecule is CC(=O)COc1ccc2cnccc2c1Br. The fraction of sp³-hybridized carbons (Fsp3) is 0.167. The van der Waals surface area contributed by atoms with Crippen molar-refractivity contribution in [3.05, 3.63) is 35.1 Å². The summed E-state index contributed by atoms with van der Waals surface area (Å²) in [6, 6.07) is 5.65. The summed E-state index contributed by atoms with van der Waals surface area (Å²) < 4.78 is 6.24. The fourth-order valence-electron chi connectivity index (χ4n) is 1.40. The first-order chi connectivity index (χ1) is 7.68. The third-order valence-corrected chi connectivity index (χ3v) is 2.97. The number of benzene rings is 1. The summed E-state index contributed by atoms with van der Waals surface area (Å²) in [6.45, 7) is 1.59. The van der Waals surface area contributed by atoms with Crippen LogP contribution < -0.4 is 4.74 Å². The highest BCUT2D eigenvalue weighted by atomic mass is 79.9. The number of hydrogen-bond donors (Lipinski definition) is 0. The van der Waals surface area contributed by atoms with Crippen molar-refractivity contribution in [1.82, 2.24) is 4.98 Å². The van der Waals surface area contributed by atoms with E-state index in [1.165, 1.54) is 6.92 Å². The lowest BCUT2D eigenvalue weighted by Crippen LogP contribution is -2.06. The molecule has 0 amide bonds. The number of halogens is 1. The van der Waals surface area contributed by atoms with E-state index in [4.69, 9.17) is 4.74 Å². The van der Waals surface area contributed by atoms with Gasteiger partial charge in [0.1, 0.15) is 12.4 Å². The zero-order valence-corrected chi connectivity index (χ0v) is 10.3. The molecule has 16 heavy (non-hydrogen) atoms. The van der Waals surface area contributed by atoms with Crippen molar-refractivity contribution in [3.63, 3.8) is 0 Å². The molecule has 0 spiro atoms. The van der Waals surface area contributed by atoms with Gasteiger partial charge in [0.25, 0.3) is 0 Å². The van der Waals surface area contributed by atoms with E-state index < -0.39 is 0 Å². The molecule has 0 saturated heterocycles. The van der Waals surface area contributed by atoms with E-state index in [9.17, 15) is 4.79 Å². The minimum Gasteiger partial charge on any atom is -0.485 e. The summed E-state index contributed by atoms with van der Waals surface area (Å²) in [4.78, 5) is 14.9. The van der Waals surface area contributed by atoms with E-state index >= 15 is 0 Å². The number of nitrogens with zero attached hydrogens (tertiary/aromatic N) is 1. The van der Waals surface area contributed by atoms with E-state index in [1.807, 2.05) is 18.2 Å². The average molecular weight is 280 g/mol. The summed E-state index contributed by atoms with van der Waals surface area (Å²) >= 11 is 3.47. The summed E-state index contributed by atoms with van der Waals surface area (Å²) in [5.74, 6) is 0.677. The Bertz CT molecular complexity index is 540. The van der Waals surface area contributed by atoms with Gasteiger partial charge in [0.2, 0.25) is 0 Å². The topological polar surface area (TPSA) is 39.2 Å². The molecule has 0 aliphatic carbocycles. The van der Waals surface area contributed by atoms with E-state index in [0.717, 1.165) is 15.2 Å². The lowest BCUT2D eigenvalue weighted by atomic mass is 10.2. The Kier molecular flexibility index (Phi) is 3.19. The molecular weight excluding hydrogens is 270 g/mol. The number of Topliss-reactive ketones (excluding diaryl/α,β-unsaturated/α-hetero) is 1. The highest BCUT2D eigenvalue weighted by Crippen LogP contribution is 2.32. The van der Waals surface area contributed by atoms with Gasteiger partial charge in [0.05, 0.1) is 4.47 Å². The van der Waals surface area contributed by atoms with E-state index in [2.05, 4.69) is 20.9 Å². The van der Waals surface area contributed by atoms with Gasteiger partial charge >= 0.3 is 0 Å². The van der Waals surface area contributed by atoms with Crippen LogP contribution >= 0.6 is 15.9 Å². The predicted octanol–water partition coefficient (Wildman–Crippen LogP) is 2.97. The maximum absolute atomic E-state index is 10.8. The van der Waals surface area contributed by atoms with Crippen LogP contribution in [0.15, 0.2) is 35.1 Å². The van der Waals surface area contributed by atoms with Gasteiger partial charge in [-0.25, -0.2) is 0 Å². The molecule has 0 saturated carbocycles. The lowest BCUT2D eigenvalue weighted by Gasteiger charge is -2.08. The first-order valence-electron chi connectivity index (χ1n) is 4.83. The molecule has 1 heterocycles. The largest absolute Gasteiger partial charge is 0.485 e. The van der Waals surface area contributed by atoms with Crippen LogP contribution in [-0.4, -0.2) is 17.4 Å². The van der Waals surface area contributed by atoms with Crippen LogP contribution in [0.25, 0.3) is 10.8 Å². The molecule has 0 aliphatic rings. The number of fused-ring (bicyclic) bond motifs is 1. The van der Waals surface area contributed by atoms with Crippen LogP contribution in [0, 0.1) is 0 Å². The molecule has 2 aromatic rings. The Balaban J connectivity index is 2.40. The Labute approximate surface area is 102 Å². The standard InChI is InChI=1S/C12H10BrNO2/c1-8(15)7-16-11-3-2-9-6-14-5-4-10(9)12(11)13/h2-6H,7H2,1H3. The van der Waals surface area contributed by atoms with Gasteiger partial charge in [0.15, 0.2) is 5.78 Å². The smallest absolute Gasteiger partial charge is 0.167 e. The number of hydrogen-bond acceptors (Lipinski definition) is 3. The molecular formula is C12H10BrNO2. The molecule has 4 heteroatoms. The van der Waals surface area contributed by atoms with Crippen LogP contribution in [0.2, 0.25) is 0 Å². The lowest BCUT2D eigenvalue weighted by molar-refractivity contribution is -0.118. The van der Waals surface area contributed by atoms with Crippen LogP contribution in [-0.2, 0) is 4.79 Å². The zero-order valence-electron chi connectivity index (χ0n) is 8.74. The molecule has 0 N–H and O–H groups in total. The second-order valence-electron chi connectivity index (χ2n) is 3.47. The molecule has 2 rings (SSSR count). The van der Waals surface area contributed by atoms with E-state index in [-0.39, 0.29) is 12.4 Å². The van der Waals surface area contributed by atoms with Gasteiger partial charge < -0.3 is 4.74 Å². The number of ketones is 1. The Morgan fingerprint density at radius 2 is 2.25 bits per heavy atom. The summed E-state index contributed by atoms with van der Waals surface area (Å²) in [6.07, 6.45) is 3.51. The van der Waals surface area contributed by atoms with E-state index in [0.29, 0.717) is 5.75 Å². The number of rotatable bonds is 3. The van der Waals surface area contributed by atoms with Crippen molar-refractivity contribution in [2.45, 2.75) is 6.92 Å². The van der Waals surface area contributed by atoms with Gasteiger partial charge in [0, 0.05) is 23.2 Å². The molecule has 0 radical (unpaired) electrons. The van der Waals surface area contributed by atoms with Crippen LogP contribution in [0.5, 0.6) is 5.75 Å². The first kappa shape index (κ1) is 11.1. The summed E-state index contributed by atoms with van der Waals surface area (Å²) in [7, 11) is 0.